The predicted octanol–water partition coefficient (Wildman–Crippen LogP) is 40.0. The highest BCUT2D eigenvalue weighted by atomic mass is 16.5. The van der Waals surface area contributed by atoms with Crippen molar-refractivity contribution in [3.63, 3.8) is 0 Å². The van der Waals surface area contributed by atoms with Crippen molar-refractivity contribution in [2.75, 3.05) is 28.4 Å². The van der Waals surface area contributed by atoms with E-state index < -0.39 is 0 Å². The van der Waals surface area contributed by atoms with Crippen molar-refractivity contribution in [1.29, 1.82) is 0 Å². The van der Waals surface area contributed by atoms with E-state index in [1.54, 1.807) is 28.4 Å². The van der Waals surface area contributed by atoms with Gasteiger partial charge in [0.25, 0.3) is 0 Å². The van der Waals surface area contributed by atoms with Crippen LogP contribution in [0.15, 0.2) is 546 Å². The van der Waals surface area contributed by atoms with E-state index in [9.17, 15) is 0 Å². The third-order valence-corrected chi connectivity index (χ3v) is 30.0. The van der Waals surface area contributed by atoms with Crippen LogP contribution in [0.3, 0.4) is 0 Å². The number of rotatable bonds is 18. The molecular formula is C146H102O4. The fourth-order valence-corrected chi connectivity index (χ4v) is 22.4. The minimum Gasteiger partial charge on any atom is -0.497 e. The maximum Gasteiger partial charge on any atom is 0.118 e. The lowest BCUT2D eigenvalue weighted by Gasteiger charge is -2.21. The zero-order valence-corrected chi connectivity index (χ0v) is 83.6. The molecule has 0 spiro atoms. The third kappa shape index (κ3) is 17.8. The predicted molar refractivity (Wildman–Crippen MR) is 637 cm³/mol. The Balaban J connectivity index is 0.000000117. The van der Waals surface area contributed by atoms with Crippen LogP contribution >= 0.6 is 0 Å². The first kappa shape index (κ1) is 91.9. The van der Waals surface area contributed by atoms with Crippen molar-refractivity contribution in [2.45, 2.75) is 0 Å². The highest BCUT2D eigenvalue weighted by molar-refractivity contribution is 6.27. The molecule has 0 unspecified atom stereocenters. The first-order valence-corrected chi connectivity index (χ1v) is 51.2. The van der Waals surface area contributed by atoms with Gasteiger partial charge in [-0.25, -0.2) is 0 Å². The number of methoxy groups -OCH3 is 4. The second-order valence-electron chi connectivity index (χ2n) is 38.6. The lowest BCUT2D eigenvalue weighted by atomic mass is 9.82. The van der Waals surface area contributed by atoms with Gasteiger partial charge in [0.1, 0.15) is 23.0 Å². The summed E-state index contributed by atoms with van der Waals surface area (Å²) in [6, 6.07) is 198. The molecule has 0 saturated heterocycles. The van der Waals surface area contributed by atoms with Gasteiger partial charge in [-0.2, -0.15) is 0 Å². The maximum absolute atomic E-state index is 5.48. The highest BCUT2D eigenvalue weighted by Gasteiger charge is 2.26. The summed E-state index contributed by atoms with van der Waals surface area (Å²) in [5, 5.41) is 24.7. The standard InChI is InChI=1S/C50H36O2.C49H34O.C47H32O/c1-51-43-24-18-36(19-25-43)40-23-29-46-47(31-40)49(38-15-12-35(13-16-38)33-8-4-3-5-9-33)45-28-22-41(37-20-26-44(52-2)27-21-37)32-48(45)50(46)42-17-14-34-10-6-7-11-39(34)30-42;1-50-43-26-22-37(23-27-43)41-25-29-45-46(32-41)48(38-19-16-36(17-20-38)33-10-4-2-5-11-33)44-28-24-40(34-12-6-3-7-13-34)31-47(44)49(45)42-21-18-35-14-8-9-15-39(35)30-42;1-48-39-24-20-33(21-25-39)37-22-26-42-45(30-37)47(41-17-9-15-34-13-7-8-16-40(34)41)43-27-23-36(31-10-3-2-4-11-31)29-44(43)46(42)38-19-18-32-12-5-6-14-35(32)28-38/h3-32H,1-2H3;2-32H,1H3;2-30H,1H3. The molecule has 27 aromatic carbocycles. The van der Waals surface area contributed by atoms with Gasteiger partial charge in [0.2, 0.25) is 0 Å². The summed E-state index contributed by atoms with van der Waals surface area (Å²) < 4.78 is 21.9. The lowest BCUT2D eigenvalue weighted by Crippen LogP contribution is -1.93. The Bertz CT molecular complexity index is 9770. The van der Waals surface area contributed by atoms with E-state index in [1.165, 1.54) is 230 Å². The monoisotopic (exact) mass is 1920 g/mol. The van der Waals surface area contributed by atoms with Crippen molar-refractivity contribution < 1.29 is 18.9 Å². The van der Waals surface area contributed by atoms with Gasteiger partial charge in [0.15, 0.2) is 0 Å². The van der Waals surface area contributed by atoms with Crippen LogP contribution in [0.4, 0.5) is 0 Å². The number of benzene rings is 27. The van der Waals surface area contributed by atoms with E-state index in [2.05, 4.69) is 497 Å². The molecule has 0 aliphatic carbocycles. The molecule has 0 aliphatic rings. The largest absolute Gasteiger partial charge is 0.497 e. The minimum atomic E-state index is 0.848. The van der Waals surface area contributed by atoms with E-state index in [1.807, 2.05) is 48.5 Å². The summed E-state index contributed by atoms with van der Waals surface area (Å²) in [7, 11) is 6.84. The summed E-state index contributed by atoms with van der Waals surface area (Å²) in [5.41, 5.74) is 33.7. The van der Waals surface area contributed by atoms with Gasteiger partial charge in [0, 0.05) is 0 Å². The molecule has 0 amide bonds. The van der Waals surface area contributed by atoms with Crippen molar-refractivity contribution in [2.24, 2.45) is 0 Å². The molecule has 27 aromatic rings. The maximum atomic E-state index is 5.48. The average Bonchev–Trinajstić information content (AvgIpc) is 0.685. The Morgan fingerprint density at radius 3 is 0.567 bits per heavy atom. The van der Waals surface area contributed by atoms with Gasteiger partial charge in [-0.05, 0) is 367 Å². The van der Waals surface area contributed by atoms with Crippen LogP contribution in [0.5, 0.6) is 23.0 Å². The number of hydrogen-bond acceptors (Lipinski definition) is 4. The average molecular weight is 1920 g/mol. The van der Waals surface area contributed by atoms with Crippen molar-refractivity contribution in [3.05, 3.63) is 546 Å². The summed E-state index contributed by atoms with van der Waals surface area (Å²) in [4.78, 5) is 0. The van der Waals surface area contributed by atoms with Crippen molar-refractivity contribution in [1.82, 2.24) is 0 Å². The summed E-state index contributed by atoms with van der Waals surface area (Å²) in [6.07, 6.45) is 0. The molecule has 0 aromatic heterocycles. The Hall–Kier alpha value is -19.3. The summed E-state index contributed by atoms with van der Waals surface area (Å²) >= 11 is 0. The molecule has 0 N–H and O–H groups in total. The van der Waals surface area contributed by atoms with Crippen molar-refractivity contribution in [3.8, 4) is 179 Å². The van der Waals surface area contributed by atoms with Crippen LogP contribution in [0.1, 0.15) is 0 Å². The number of fused-ring (bicyclic) bond motifs is 10. The second kappa shape index (κ2) is 40.4. The van der Waals surface area contributed by atoms with Gasteiger partial charge in [-0.15, -0.1) is 0 Å². The summed E-state index contributed by atoms with van der Waals surface area (Å²) in [6.45, 7) is 0. The molecule has 0 fully saturated rings. The molecule has 0 heterocycles. The minimum absolute atomic E-state index is 0.848. The van der Waals surface area contributed by atoms with Crippen LogP contribution in [-0.2, 0) is 0 Å². The van der Waals surface area contributed by atoms with Crippen LogP contribution in [0.25, 0.3) is 264 Å². The summed E-state index contributed by atoms with van der Waals surface area (Å²) in [5.74, 6) is 3.41. The molecule has 0 bridgehead atoms. The normalized spacial score (nSPS) is 11.3. The molecule has 0 aliphatic heterocycles. The van der Waals surface area contributed by atoms with Crippen molar-refractivity contribution >= 4 is 108 Å². The molecule has 27 rings (SSSR count). The Kier molecular flexibility index (Phi) is 24.7. The van der Waals surface area contributed by atoms with Gasteiger partial charge in [-0.3, -0.25) is 0 Å². The van der Waals surface area contributed by atoms with Gasteiger partial charge in [-0.1, -0.05) is 443 Å². The van der Waals surface area contributed by atoms with E-state index >= 15 is 0 Å². The SMILES string of the molecule is COc1ccc(-c2ccc3c(-c4ccc5ccccc5c4)c4cc(-c5ccc(OC)cc5)ccc4c(-c4ccc(-c5ccccc5)cc4)c3c2)cc1.COc1ccc(-c2ccc3c(-c4ccc5ccccc5c4)c4cc(-c5ccccc5)ccc4c(-c4ccc(-c5ccccc5)cc4)c3c2)cc1.COc1ccc(-c2ccc3c(-c4ccc5ccccc5c4)c4cc(-c5ccccc5)ccc4c(-c4cccc5ccccc45)c3c2)cc1. The first-order valence-electron chi connectivity index (χ1n) is 51.2. The fraction of sp³-hybridized carbons (Fsp3) is 0.0274. The van der Waals surface area contributed by atoms with Gasteiger partial charge >= 0.3 is 0 Å². The molecule has 4 heteroatoms. The molecule has 150 heavy (non-hydrogen) atoms. The van der Waals surface area contributed by atoms with Crippen LogP contribution in [-0.4, -0.2) is 28.4 Å². The Morgan fingerprint density at radius 2 is 0.287 bits per heavy atom. The van der Waals surface area contributed by atoms with E-state index in [0.717, 1.165) is 56.4 Å². The first-order chi connectivity index (χ1) is 74.1. The second-order valence-corrected chi connectivity index (χ2v) is 38.6. The molecule has 710 valence electrons. The van der Waals surface area contributed by atoms with Gasteiger partial charge in [0.05, 0.1) is 28.4 Å². The van der Waals surface area contributed by atoms with E-state index in [-0.39, 0.29) is 0 Å². The van der Waals surface area contributed by atoms with Crippen LogP contribution < -0.4 is 18.9 Å². The lowest BCUT2D eigenvalue weighted by molar-refractivity contribution is 0.415. The van der Waals surface area contributed by atoms with E-state index in [0.29, 0.717) is 0 Å². The molecular weight excluding hydrogens is 1820 g/mol. The molecule has 4 nitrogen and oxygen atoms in total. The molecule has 0 atom stereocenters. The third-order valence-electron chi connectivity index (χ3n) is 30.0. The molecule has 0 radical (unpaired) electrons. The fourth-order valence-electron chi connectivity index (χ4n) is 22.4. The number of hydrogen-bond donors (Lipinski definition) is 0. The van der Waals surface area contributed by atoms with E-state index in [4.69, 9.17) is 18.9 Å². The quantitative estimate of drug-likeness (QED) is 0.0803. The van der Waals surface area contributed by atoms with Crippen LogP contribution in [0.2, 0.25) is 0 Å². The Morgan fingerprint density at radius 1 is 0.100 bits per heavy atom. The zero-order valence-electron chi connectivity index (χ0n) is 83.6. The molecule has 0 saturated carbocycles. The topological polar surface area (TPSA) is 36.9 Å². The smallest absolute Gasteiger partial charge is 0.118 e. The van der Waals surface area contributed by atoms with Gasteiger partial charge < -0.3 is 18.9 Å². The zero-order chi connectivity index (χ0) is 100. The number of ether oxygens (including phenoxy) is 4. The Labute approximate surface area is 873 Å². The van der Waals surface area contributed by atoms with Crippen LogP contribution in [0, 0.1) is 0 Å². The highest BCUT2D eigenvalue weighted by Crippen LogP contribution is 2.53.